The fourth-order valence-corrected chi connectivity index (χ4v) is 5.24. The van der Waals surface area contributed by atoms with Crippen LogP contribution in [0.2, 0.25) is 0 Å². The maximum Gasteiger partial charge on any atom is 0.308 e. The summed E-state index contributed by atoms with van der Waals surface area (Å²) in [5, 5.41) is 7.35. The summed E-state index contributed by atoms with van der Waals surface area (Å²) < 4.78 is 28.8. The molecule has 11 nitrogen and oxygen atoms in total. The van der Waals surface area contributed by atoms with E-state index in [1.807, 2.05) is 39.0 Å². The highest BCUT2D eigenvalue weighted by Gasteiger charge is 2.42. The van der Waals surface area contributed by atoms with E-state index in [-0.39, 0.29) is 12.1 Å². The van der Waals surface area contributed by atoms with Gasteiger partial charge in [0, 0.05) is 23.6 Å². The highest BCUT2D eigenvalue weighted by atomic mass is 32.2. The van der Waals surface area contributed by atoms with Gasteiger partial charge in [-0.1, -0.05) is 51.1 Å². The quantitative estimate of drug-likeness (QED) is 0.409. The largest absolute Gasteiger partial charge is 0.460 e. The number of hydrogen-bond acceptors (Lipinski definition) is 8. The lowest BCUT2D eigenvalue weighted by molar-refractivity contribution is -0.155. The first-order chi connectivity index (χ1) is 19.8. The van der Waals surface area contributed by atoms with Crippen LogP contribution >= 0.6 is 0 Å². The molecule has 3 amide bonds. The summed E-state index contributed by atoms with van der Waals surface area (Å²) >= 11 is 0. The number of fused-ring (bicyclic) bond motifs is 1. The average Bonchev–Trinajstić information content (AvgIpc) is 3.37. The third kappa shape index (κ3) is 9.87. The molecule has 3 atom stereocenters. The summed E-state index contributed by atoms with van der Waals surface area (Å²) in [6, 6.07) is 7.96. The Morgan fingerprint density at radius 3 is 2.35 bits per heavy atom. The summed E-state index contributed by atoms with van der Waals surface area (Å²) in [5.74, 6) is -2.09. The number of rotatable bonds is 9. The number of para-hydroxylation sites is 1. The number of carbonyl (C=O) groups excluding carboxylic acids is 4. The highest BCUT2D eigenvalue weighted by Crippen LogP contribution is 2.26. The Morgan fingerprint density at radius 2 is 1.72 bits per heavy atom. The maximum atomic E-state index is 13.9. The normalized spacial score (nSPS) is 17.5. The van der Waals surface area contributed by atoms with Crippen molar-refractivity contribution in [1.82, 2.24) is 20.5 Å². The topological polar surface area (TPSA) is 152 Å². The van der Waals surface area contributed by atoms with Gasteiger partial charge in [0.2, 0.25) is 11.8 Å². The summed E-state index contributed by atoms with van der Waals surface area (Å²) in [4.78, 5) is 59.0. The molecule has 0 unspecified atom stereocenters. The van der Waals surface area contributed by atoms with Crippen molar-refractivity contribution in [3.63, 3.8) is 0 Å². The number of hydrogen-bond donors (Lipinski definition) is 2. The molecule has 3 rings (SSSR count). The fourth-order valence-electron chi connectivity index (χ4n) is 4.76. The molecule has 2 heterocycles. The van der Waals surface area contributed by atoms with Gasteiger partial charge in [0.15, 0.2) is 9.84 Å². The zero-order chi connectivity index (χ0) is 32.2. The average molecular weight is 615 g/mol. The number of ether oxygens (including phenoxy) is 1. The Balaban J connectivity index is 1.79. The van der Waals surface area contributed by atoms with E-state index in [1.54, 1.807) is 39.0 Å². The lowest BCUT2D eigenvalue weighted by Crippen LogP contribution is -2.58. The van der Waals surface area contributed by atoms with E-state index in [2.05, 4.69) is 15.6 Å². The van der Waals surface area contributed by atoms with E-state index < -0.39 is 62.7 Å². The highest BCUT2D eigenvalue weighted by molar-refractivity contribution is 7.93. The van der Waals surface area contributed by atoms with Crippen molar-refractivity contribution in [1.29, 1.82) is 0 Å². The Morgan fingerprint density at radius 1 is 1.05 bits per heavy atom. The van der Waals surface area contributed by atoms with Gasteiger partial charge < -0.3 is 20.3 Å². The Kier molecular flexibility index (Phi) is 10.4. The summed E-state index contributed by atoms with van der Waals surface area (Å²) in [6.45, 7) is 10.9. The number of esters is 1. The van der Waals surface area contributed by atoms with E-state index in [9.17, 15) is 27.6 Å². The Bertz CT molecular complexity index is 1510. The van der Waals surface area contributed by atoms with E-state index in [4.69, 9.17) is 4.74 Å². The van der Waals surface area contributed by atoms with Crippen LogP contribution in [-0.4, -0.2) is 78.5 Å². The van der Waals surface area contributed by atoms with Crippen molar-refractivity contribution in [2.45, 2.75) is 84.5 Å². The molecule has 2 N–H and O–H groups in total. The number of aromatic nitrogens is 1. The van der Waals surface area contributed by atoms with Crippen molar-refractivity contribution in [2.24, 2.45) is 5.41 Å². The third-order valence-electron chi connectivity index (χ3n) is 6.75. The van der Waals surface area contributed by atoms with Crippen LogP contribution in [0, 0.1) is 5.41 Å². The molecule has 234 valence electrons. The van der Waals surface area contributed by atoms with Gasteiger partial charge in [0.05, 0.1) is 18.0 Å². The van der Waals surface area contributed by atoms with Crippen LogP contribution in [0.5, 0.6) is 0 Å². The van der Waals surface area contributed by atoms with Crippen LogP contribution < -0.4 is 10.6 Å². The van der Waals surface area contributed by atoms with Crippen LogP contribution in [0.15, 0.2) is 47.9 Å². The van der Waals surface area contributed by atoms with Crippen LogP contribution in [0.4, 0.5) is 0 Å². The monoisotopic (exact) mass is 614 g/mol. The molecule has 1 aromatic carbocycles. The minimum absolute atomic E-state index is 0.166. The first kappa shape index (κ1) is 33.7. The summed E-state index contributed by atoms with van der Waals surface area (Å²) in [7, 11) is -3.54. The minimum atomic E-state index is -3.54. The second-order valence-electron chi connectivity index (χ2n) is 12.9. The first-order valence-electron chi connectivity index (χ1n) is 14.2. The van der Waals surface area contributed by atoms with Gasteiger partial charge in [-0.15, -0.1) is 0 Å². The molecule has 1 aliphatic heterocycles. The Labute approximate surface area is 253 Å². The molecule has 0 saturated carbocycles. The number of nitrogens with zero attached hydrogens (tertiary/aromatic N) is 2. The van der Waals surface area contributed by atoms with Crippen LogP contribution in [0.3, 0.4) is 0 Å². The van der Waals surface area contributed by atoms with Crippen LogP contribution in [0.25, 0.3) is 10.9 Å². The van der Waals surface area contributed by atoms with Gasteiger partial charge in [0.1, 0.15) is 23.4 Å². The molecule has 1 saturated heterocycles. The molecule has 0 bridgehead atoms. The molecular weight excluding hydrogens is 572 g/mol. The fraction of sp³-hybridized carbons (Fsp3) is 0.516. The van der Waals surface area contributed by atoms with Crippen molar-refractivity contribution in [3.05, 3.63) is 53.6 Å². The van der Waals surface area contributed by atoms with E-state index >= 15 is 0 Å². The number of amides is 3. The summed E-state index contributed by atoms with van der Waals surface area (Å²) in [5.41, 5.74) is -0.657. The molecule has 2 aromatic rings. The van der Waals surface area contributed by atoms with Gasteiger partial charge in [-0.2, -0.15) is 0 Å². The second-order valence-corrected chi connectivity index (χ2v) is 14.8. The van der Waals surface area contributed by atoms with E-state index in [1.165, 1.54) is 11.0 Å². The smallest absolute Gasteiger partial charge is 0.308 e. The standard InChI is InChI=1S/C31H42N4O7S/c1-30(2,3)26(34-27(37)23-15-14-20-11-8-9-12-22(20)33-23)29(39)35-17-10-13-24(35)28(38)32-21(16-18-43(7,40)41)19-25(36)42-31(4,5)6/h8-9,11-12,14-16,18,21,24,26H,10,13,17,19H2,1-7H3,(H,32,38)(H,34,37)/b18-16+/t21-,24-,26+/m1/s1. The number of sulfone groups is 1. The maximum absolute atomic E-state index is 13.9. The van der Waals surface area contributed by atoms with Gasteiger partial charge in [0.25, 0.3) is 5.91 Å². The van der Waals surface area contributed by atoms with Gasteiger partial charge in [-0.25, -0.2) is 13.4 Å². The predicted octanol–water partition coefficient (Wildman–Crippen LogP) is 3.15. The van der Waals surface area contributed by atoms with Gasteiger partial charge in [-0.3, -0.25) is 19.2 Å². The number of pyridine rings is 1. The number of benzene rings is 1. The number of likely N-dealkylation sites (tertiary alicyclic amines) is 1. The predicted molar refractivity (Wildman–Crippen MR) is 164 cm³/mol. The Hall–Kier alpha value is -3.80. The third-order valence-corrected chi connectivity index (χ3v) is 7.40. The lowest BCUT2D eigenvalue weighted by Gasteiger charge is -2.35. The van der Waals surface area contributed by atoms with E-state index in [0.717, 1.165) is 17.1 Å². The van der Waals surface area contributed by atoms with Gasteiger partial charge in [-0.05, 0) is 51.2 Å². The minimum Gasteiger partial charge on any atom is -0.460 e. The molecule has 1 aliphatic rings. The summed E-state index contributed by atoms with van der Waals surface area (Å²) in [6.07, 6.45) is 2.85. The molecule has 12 heteroatoms. The molecule has 0 aliphatic carbocycles. The van der Waals surface area contributed by atoms with Crippen molar-refractivity contribution >= 4 is 44.4 Å². The molecule has 0 radical (unpaired) electrons. The molecule has 1 fully saturated rings. The van der Waals surface area contributed by atoms with E-state index in [0.29, 0.717) is 24.9 Å². The van der Waals surface area contributed by atoms with Crippen molar-refractivity contribution < 1.29 is 32.3 Å². The molecule has 43 heavy (non-hydrogen) atoms. The van der Waals surface area contributed by atoms with Gasteiger partial charge >= 0.3 is 5.97 Å². The zero-order valence-corrected chi connectivity index (χ0v) is 26.7. The van der Waals surface area contributed by atoms with Crippen LogP contribution in [-0.2, 0) is 29.0 Å². The lowest BCUT2D eigenvalue weighted by atomic mass is 9.85. The SMILES string of the molecule is CC(C)(C)OC(=O)C[C@@H](/C=C/S(C)(=O)=O)NC(=O)[C@H]1CCCN1C(=O)[C@H](NC(=O)c1ccc2ccccc2n1)C(C)(C)C. The van der Waals surface area contributed by atoms with Crippen molar-refractivity contribution in [2.75, 3.05) is 12.8 Å². The zero-order valence-electron chi connectivity index (χ0n) is 25.8. The molecule has 0 spiro atoms. The number of nitrogens with one attached hydrogen (secondary N) is 2. The molecular formula is C31H42N4O7S. The second kappa shape index (κ2) is 13.2. The molecule has 1 aromatic heterocycles. The first-order valence-corrected chi connectivity index (χ1v) is 16.2. The number of carbonyl (C=O) groups is 4. The van der Waals surface area contributed by atoms with Crippen LogP contribution in [0.1, 0.15) is 71.3 Å². The van der Waals surface area contributed by atoms with Crippen molar-refractivity contribution in [3.8, 4) is 0 Å².